The van der Waals surface area contributed by atoms with Crippen molar-refractivity contribution in [3.05, 3.63) is 23.3 Å². The second kappa shape index (κ2) is 5.83. The third kappa shape index (κ3) is 2.57. The summed E-state index contributed by atoms with van der Waals surface area (Å²) in [5.74, 6) is 1.79. The van der Waals surface area contributed by atoms with E-state index in [2.05, 4.69) is 12.1 Å². The van der Waals surface area contributed by atoms with Crippen LogP contribution in [0.15, 0.2) is 12.1 Å². The number of methoxy groups -OCH3 is 2. The van der Waals surface area contributed by atoms with Crippen LogP contribution < -0.4 is 15.2 Å². The molecule has 3 nitrogen and oxygen atoms in total. The molecule has 1 aliphatic rings. The van der Waals surface area contributed by atoms with Crippen molar-refractivity contribution in [3.63, 3.8) is 0 Å². The maximum atomic E-state index is 6.11. The van der Waals surface area contributed by atoms with Crippen LogP contribution in [0.1, 0.15) is 43.2 Å². The summed E-state index contributed by atoms with van der Waals surface area (Å²) in [6.07, 6.45) is 6.17. The van der Waals surface area contributed by atoms with Crippen LogP contribution in [0.2, 0.25) is 0 Å². The lowest BCUT2D eigenvalue weighted by Crippen LogP contribution is -2.37. The first-order chi connectivity index (χ1) is 9.16. The second-order valence-electron chi connectivity index (χ2n) is 5.55. The fraction of sp³-hybridized carbons (Fsp3) is 0.625. The van der Waals surface area contributed by atoms with E-state index in [1.165, 1.54) is 37.7 Å². The van der Waals surface area contributed by atoms with Gasteiger partial charge >= 0.3 is 0 Å². The molecule has 3 heteroatoms. The van der Waals surface area contributed by atoms with Crippen molar-refractivity contribution in [2.75, 3.05) is 20.8 Å². The molecule has 1 fully saturated rings. The van der Waals surface area contributed by atoms with Gasteiger partial charge in [0.15, 0.2) is 0 Å². The van der Waals surface area contributed by atoms with Crippen molar-refractivity contribution in [1.29, 1.82) is 0 Å². The third-order valence-electron chi connectivity index (χ3n) is 4.57. The highest BCUT2D eigenvalue weighted by atomic mass is 16.5. The molecule has 0 aromatic heterocycles. The van der Waals surface area contributed by atoms with E-state index in [9.17, 15) is 0 Å². The fourth-order valence-corrected chi connectivity index (χ4v) is 3.23. The minimum Gasteiger partial charge on any atom is -0.496 e. The Hall–Kier alpha value is -1.22. The zero-order valence-electron chi connectivity index (χ0n) is 12.3. The van der Waals surface area contributed by atoms with Crippen molar-refractivity contribution >= 4 is 0 Å². The monoisotopic (exact) mass is 263 g/mol. The van der Waals surface area contributed by atoms with Gasteiger partial charge in [0.05, 0.1) is 14.2 Å². The molecule has 0 aliphatic heterocycles. The zero-order chi connectivity index (χ0) is 13.9. The first kappa shape index (κ1) is 14.2. The van der Waals surface area contributed by atoms with Gasteiger partial charge < -0.3 is 15.2 Å². The Morgan fingerprint density at radius 1 is 1.05 bits per heavy atom. The lowest BCUT2D eigenvalue weighted by atomic mass is 9.69. The maximum Gasteiger partial charge on any atom is 0.125 e. The van der Waals surface area contributed by atoms with Crippen LogP contribution in [0.4, 0.5) is 0 Å². The van der Waals surface area contributed by atoms with Gasteiger partial charge in [-0.15, -0.1) is 0 Å². The van der Waals surface area contributed by atoms with Crippen LogP contribution in [-0.4, -0.2) is 20.8 Å². The molecule has 19 heavy (non-hydrogen) atoms. The molecule has 2 rings (SSSR count). The molecule has 0 spiro atoms. The highest BCUT2D eigenvalue weighted by molar-refractivity contribution is 5.49. The Bertz CT molecular complexity index is 411. The van der Waals surface area contributed by atoms with Gasteiger partial charge in [-0.05, 0) is 37.5 Å². The number of nitrogens with two attached hydrogens (primary N) is 1. The van der Waals surface area contributed by atoms with E-state index in [4.69, 9.17) is 15.2 Å². The molecule has 0 unspecified atom stereocenters. The molecule has 1 aromatic rings. The Labute approximate surface area is 116 Å². The summed E-state index contributed by atoms with van der Waals surface area (Å²) in [5.41, 5.74) is 8.54. The number of hydrogen-bond donors (Lipinski definition) is 1. The molecule has 1 aromatic carbocycles. The minimum atomic E-state index is 0.104. The van der Waals surface area contributed by atoms with Crippen molar-refractivity contribution in [2.24, 2.45) is 5.73 Å². The topological polar surface area (TPSA) is 44.5 Å². The summed E-state index contributed by atoms with van der Waals surface area (Å²) >= 11 is 0. The normalized spacial score (nSPS) is 18.1. The van der Waals surface area contributed by atoms with Crippen LogP contribution in [0.5, 0.6) is 11.5 Å². The molecule has 2 N–H and O–H groups in total. The molecule has 1 aliphatic carbocycles. The van der Waals surface area contributed by atoms with Gasteiger partial charge in [-0.25, -0.2) is 0 Å². The quantitative estimate of drug-likeness (QED) is 0.907. The van der Waals surface area contributed by atoms with Crippen molar-refractivity contribution in [1.82, 2.24) is 0 Å². The summed E-state index contributed by atoms with van der Waals surface area (Å²) in [5, 5.41) is 0. The van der Waals surface area contributed by atoms with E-state index in [0.717, 1.165) is 17.1 Å². The van der Waals surface area contributed by atoms with E-state index in [1.54, 1.807) is 14.2 Å². The predicted octanol–water partition coefficient (Wildman–Crippen LogP) is 3.17. The second-order valence-corrected chi connectivity index (χ2v) is 5.55. The molecular formula is C16H25NO2. The van der Waals surface area contributed by atoms with E-state index >= 15 is 0 Å². The van der Waals surface area contributed by atoms with Crippen LogP contribution >= 0.6 is 0 Å². The molecular weight excluding hydrogens is 238 g/mol. The molecule has 0 heterocycles. The van der Waals surface area contributed by atoms with Gasteiger partial charge in [0, 0.05) is 17.5 Å². The van der Waals surface area contributed by atoms with Crippen LogP contribution in [0.3, 0.4) is 0 Å². The summed E-state index contributed by atoms with van der Waals surface area (Å²) in [6, 6.07) is 4.30. The summed E-state index contributed by atoms with van der Waals surface area (Å²) in [6.45, 7) is 2.72. The predicted molar refractivity (Wildman–Crippen MR) is 78.1 cm³/mol. The molecule has 0 radical (unpaired) electrons. The van der Waals surface area contributed by atoms with Gasteiger partial charge in [0.25, 0.3) is 0 Å². The third-order valence-corrected chi connectivity index (χ3v) is 4.57. The highest BCUT2D eigenvalue weighted by Gasteiger charge is 2.33. The Morgan fingerprint density at radius 2 is 1.58 bits per heavy atom. The maximum absolute atomic E-state index is 6.11. The van der Waals surface area contributed by atoms with Crippen molar-refractivity contribution < 1.29 is 9.47 Å². The van der Waals surface area contributed by atoms with E-state index in [-0.39, 0.29) is 5.41 Å². The van der Waals surface area contributed by atoms with Crippen LogP contribution in [0.25, 0.3) is 0 Å². The average molecular weight is 263 g/mol. The molecule has 0 saturated heterocycles. The number of hydrogen-bond acceptors (Lipinski definition) is 3. The molecule has 106 valence electrons. The average Bonchev–Trinajstić information content (AvgIpc) is 2.48. The SMILES string of the molecule is COc1cc(C2(CN)CCCCC2)cc(OC)c1C. The number of benzene rings is 1. The lowest BCUT2D eigenvalue weighted by molar-refractivity contribution is 0.297. The first-order valence-corrected chi connectivity index (χ1v) is 7.10. The van der Waals surface area contributed by atoms with Gasteiger partial charge in [0.2, 0.25) is 0 Å². The van der Waals surface area contributed by atoms with Gasteiger partial charge in [-0.1, -0.05) is 19.3 Å². The summed E-state index contributed by atoms with van der Waals surface area (Å²) in [4.78, 5) is 0. The van der Waals surface area contributed by atoms with Gasteiger partial charge in [0.1, 0.15) is 11.5 Å². The number of ether oxygens (including phenoxy) is 2. The Morgan fingerprint density at radius 3 is 2.00 bits per heavy atom. The van der Waals surface area contributed by atoms with E-state index in [1.807, 2.05) is 6.92 Å². The van der Waals surface area contributed by atoms with Crippen LogP contribution in [0, 0.1) is 6.92 Å². The number of rotatable bonds is 4. The summed E-state index contributed by atoms with van der Waals surface area (Å²) in [7, 11) is 3.42. The fourth-order valence-electron chi connectivity index (χ4n) is 3.23. The summed E-state index contributed by atoms with van der Waals surface area (Å²) < 4.78 is 11.0. The zero-order valence-corrected chi connectivity index (χ0v) is 12.3. The van der Waals surface area contributed by atoms with Gasteiger partial charge in [-0.2, -0.15) is 0 Å². The molecule has 1 saturated carbocycles. The standard InChI is InChI=1S/C16H25NO2/c1-12-14(18-2)9-13(10-15(12)19-3)16(11-17)7-5-4-6-8-16/h9-10H,4-8,11,17H2,1-3H3. The van der Waals surface area contributed by atoms with Gasteiger partial charge in [-0.3, -0.25) is 0 Å². The highest BCUT2D eigenvalue weighted by Crippen LogP contribution is 2.42. The van der Waals surface area contributed by atoms with Crippen molar-refractivity contribution in [2.45, 2.75) is 44.4 Å². The van der Waals surface area contributed by atoms with E-state index in [0.29, 0.717) is 6.54 Å². The van der Waals surface area contributed by atoms with Crippen molar-refractivity contribution in [3.8, 4) is 11.5 Å². The largest absolute Gasteiger partial charge is 0.496 e. The Kier molecular flexibility index (Phi) is 4.35. The van der Waals surface area contributed by atoms with Crippen LogP contribution in [-0.2, 0) is 5.41 Å². The molecule has 0 atom stereocenters. The molecule has 0 amide bonds. The first-order valence-electron chi connectivity index (χ1n) is 7.10. The van der Waals surface area contributed by atoms with E-state index < -0.39 is 0 Å². The lowest BCUT2D eigenvalue weighted by Gasteiger charge is -2.37. The smallest absolute Gasteiger partial charge is 0.125 e. The minimum absolute atomic E-state index is 0.104. The molecule has 0 bridgehead atoms. The Balaban J connectivity index is 2.48.